The van der Waals surface area contributed by atoms with Crippen molar-refractivity contribution in [3.8, 4) is 0 Å². The molecular weight excluding hydrogens is 209 g/mol. The Kier molecular flexibility index (Phi) is 3.31. The highest BCUT2D eigenvalue weighted by molar-refractivity contribution is 5.54. The molecule has 0 aliphatic rings. The van der Waals surface area contributed by atoms with Gasteiger partial charge in [0.15, 0.2) is 5.69 Å². The van der Waals surface area contributed by atoms with E-state index in [0.717, 1.165) is 6.08 Å². The molecule has 3 N–H and O–H groups in total. The molecular formula is C9H9F3N2O. The largest absolute Gasteiger partial charge is 0.434 e. The van der Waals surface area contributed by atoms with Crippen LogP contribution in [0, 0.1) is 0 Å². The van der Waals surface area contributed by atoms with Gasteiger partial charge >= 0.3 is 6.18 Å². The normalized spacial score (nSPS) is 12.3. The first-order valence-corrected chi connectivity index (χ1v) is 4.06. The fourth-order valence-corrected chi connectivity index (χ4v) is 1.03. The number of hydrogen-bond donors (Lipinski definition) is 2. The summed E-state index contributed by atoms with van der Waals surface area (Å²) in [6.45, 7) is -0.332. The lowest BCUT2D eigenvalue weighted by Crippen LogP contribution is -2.11. The van der Waals surface area contributed by atoms with E-state index in [1.165, 1.54) is 18.2 Å². The summed E-state index contributed by atoms with van der Waals surface area (Å²) in [6.07, 6.45) is -2.21. The monoisotopic (exact) mass is 218 g/mol. The quantitative estimate of drug-likeness (QED) is 0.794. The first-order valence-electron chi connectivity index (χ1n) is 4.06. The maximum Gasteiger partial charge on any atom is 0.434 e. The Balaban J connectivity index is 3.21. The molecule has 0 radical (unpaired) electrons. The van der Waals surface area contributed by atoms with Gasteiger partial charge < -0.3 is 10.8 Å². The van der Waals surface area contributed by atoms with Gasteiger partial charge in [-0.05, 0) is 12.1 Å². The number of aliphatic hydroxyl groups excluding tert-OH is 1. The second-order valence-corrected chi connectivity index (χ2v) is 2.76. The summed E-state index contributed by atoms with van der Waals surface area (Å²) in [5.74, 6) is -0.191. The first kappa shape index (κ1) is 11.5. The molecule has 0 atom stereocenters. The van der Waals surface area contributed by atoms with Gasteiger partial charge in [-0.1, -0.05) is 12.2 Å². The molecule has 1 aromatic rings. The van der Waals surface area contributed by atoms with Crippen molar-refractivity contribution in [3.63, 3.8) is 0 Å². The number of anilines is 1. The third-order valence-electron chi connectivity index (χ3n) is 1.62. The number of nitrogens with two attached hydrogens (primary N) is 1. The van der Waals surface area contributed by atoms with Crippen LogP contribution in [0.25, 0.3) is 6.08 Å². The van der Waals surface area contributed by atoms with Gasteiger partial charge in [0.05, 0.1) is 6.61 Å². The zero-order valence-electron chi connectivity index (χ0n) is 7.62. The number of nitrogens with zero attached hydrogens (tertiary/aromatic N) is 1. The van der Waals surface area contributed by atoms with Crippen LogP contribution in [0.15, 0.2) is 18.2 Å². The van der Waals surface area contributed by atoms with E-state index >= 15 is 0 Å². The van der Waals surface area contributed by atoms with E-state index in [1.54, 1.807) is 0 Å². The van der Waals surface area contributed by atoms with Gasteiger partial charge in [-0.3, -0.25) is 0 Å². The summed E-state index contributed by atoms with van der Waals surface area (Å²) in [5, 5.41) is 8.46. The van der Waals surface area contributed by atoms with E-state index in [4.69, 9.17) is 10.8 Å². The summed E-state index contributed by atoms with van der Waals surface area (Å²) in [4.78, 5) is 3.22. The summed E-state index contributed by atoms with van der Waals surface area (Å²) in [6, 6.07) is 2.48. The van der Waals surface area contributed by atoms with Crippen LogP contribution in [0.1, 0.15) is 11.3 Å². The number of rotatable bonds is 2. The van der Waals surface area contributed by atoms with Crippen LogP contribution in [-0.4, -0.2) is 16.7 Å². The molecule has 0 unspecified atom stereocenters. The highest BCUT2D eigenvalue weighted by Gasteiger charge is 2.34. The number of aromatic nitrogens is 1. The average molecular weight is 218 g/mol. The number of pyridine rings is 1. The Morgan fingerprint density at radius 2 is 2.07 bits per heavy atom. The highest BCUT2D eigenvalue weighted by Crippen LogP contribution is 2.31. The Morgan fingerprint density at radius 1 is 1.40 bits per heavy atom. The summed E-state index contributed by atoms with van der Waals surface area (Å²) < 4.78 is 37.3. The Hall–Kier alpha value is -1.56. The molecule has 0 aliphatic carbocycles. The summed E-state index contributed by atoms with van der Waals surface area (Å²) >= 11 is 0. The van der Waals surface area contributed by atoms with E-state index in [0.29, 0.717) is 0 Å². The molecule has 0 amide bonds. The van der Waals surface area contributed by atoms with Crippen molar-refractivity contribution in [2.45, 2.75) is 6.18 Å². The van der Waals surface area contributed by atoms with E-state index in [1.807, 2.05) is 0 Å². The fourth-order valence-electron chi connectivity index (χ4n) is 1.03. The van der Waals surface area contributed by atoms with Crippen LogP contribution in [0.4, 0.5) is 19.0 Å². The molecule has 0 saturated heterocycles. The lowest BCUT2D eigenvalue weighted by Gasteiger charge is -2.09. The highest BCUT2D eigenvalue weighted by atomic mass is 19.4. The molecule has 15 heavy (non-hydrogen) atoms. The average Bonchev–Trinajstić information content (AvgIpc) is 2.14. The molecule has 0 aromatic carbocycles. The van der Waals surface area contributed by atoms with Crippen molar-refractivity contribution >= 4 is 11.9 Å². The lowest BCUT2D eigenvalue weighted by molar-refractivity contribution is -0.141. The van der Waals surface area contributed by atoms with Gasteiger partial charge in [0.1, 0.15) is 5.82 Å². The SMILES string of the molecule is Nc1ccc(C=CCO)c(C(F)(F)F)n1. The smallest absolute Gasteiger partial charge is 0.392 e. The van der Waals surface area contributed by atoms with E-state index < -0.39 is 11.9 Å². The Labute approximate surface area is 84.1 Å². The van der Waals surface area contributed by atoms with Crippen molar-refractivity contribution in [1.82, 2.24) is 4.98 Å². The number of halogens is 3. The van der Waals surface area contributed by atoms with E-state index in [9.17, 15) is 13.2 Å². The third kappa shape index (κ3) is 2.95. The van der Waals surface area contributed by atoms with Gasteiger partial charge in [-0.2, -0.15) is 13.2 Å². The number of hydrogen-bond acceptors (Lipinski definition) is 3. The maximum absolute atomic E-state index is 12.4. The standard InChI is InChI=1S/C9H9F3N2O/c10-9(11,12)8-6(2-1-5-15)3-4-7(13)14-8/h1-4,15H,5H2,(H2,13,14). The molecule has 0 aliphatic heterocycles. The van der Waals surface area contributed by atoms with Gasteiger partial charge in [0, 0.05) is 5.56 Å². The van der Waals surface area contributed by atoms with E-state index in [2.05, 4.69) is 4.98 Å². The van der Waals surface area contributed by atoms with Crippen LogP contribution in [0.2, 0.25) is 0 Å². The van der Waals surface area contributed by atoms with Crippen LogP contribution in [-0.2, 0) is 6.18 Å². The second-order valence-electron chi connectivity index (χ2n) is 2.76. The summed E-state index contributed by atoms with van der Waals surface area (Å²) in [7, 11) is 0. The number of alkyl halides is 3. The molecule has 3 nitrogen and oxygen atoms in total. The molecule has 0 saturated carbocycles. The molecule has 1 heterocycles. The van der Waals surface area contributed by atoms with Crippen LogP contribution >= 0.6 is 0 Å². The zero-order valence-corrected chi connectivity index (χ0v) is 7.62. The predicted molar refractivity (Wildman–Crippen MR) is 49.8 cm³/mol. The Morgan fingerprint density at radius 3 is 2.60 bits per heavy atom. The number of aliphatic hydroxyl groups is 1. The molecule has 0 fully saturated rings. The fraction of sp³-hybridized carbons (Fsp3) is 0.222. The van der Waals surface area contributed by atoms with Crippen LogP contribution in [0.5, 0.6) is 0 Å². The minimum Gasteiger partial charge on any atom is -0.392 e. The Bertz CT molecular complexity index is 374. The van der Waals surface area contributed by atoms with Gasteiger partial charge in [0.25, 0.3) is 0 Å². The number of nitrogen functional groups attached to an aromatic ring is 1. The van der Waals surface area contributed by atoms with Crippen LogP contribution < -0.4 is 5.73 Å². The molecule has 6 heteroatoms. The molecule has 1 aromatic heterocycles. The summed E-state index contributed by atoms with van der Waals surface area (Å²) in [5.41, 5.74) is 4.00. The second kappa shape index (κ2) is 4.31. The molecule has 0 bridgehead atoms. The van der Waals surface area contributed by atoms with Crippen LogP contribution in [0.3, 0.4) is 0 Å². The van der Waals surface area contributed by atoms with Gasteiger partial charge in [-0.15, -0.1) is 0 Å². The minimum atomic E-state index is -4.55. The minimum absolute atomic E-state index is 0.120. The van der Waals surface area contributed by atoms with Crippen molar-refractivity contribution in [2.75, 3.05) is 12.3 Å². The maximum atomic E-state index is 12.4. The van der Waals surface area contributed by atoms with Gasteiger partial charge in [-0.25, -0.2) is 4.98 Å². The molecule has 1 rings (SSSR count). The molecule has 82 valence electrons. The van der Waals surface area contributed by atoms with Crippen molar-refractivity contribution < 1.29 is 18.3 Å². The van der Waals surface area contributed by atoms with E-state index in [-0.39, 0.29) is 18.0 Å². The first-order chi connectivity index (χ1) is 6.95. The molecule has 0 spiro atoms. The predicted octanol–water partition coefficient (Wildman–Crippen LogP) is 1.69. The zero-order chi connectivity index (χ0) is 11.5. The van der Waals surface area contributed by atoms with Gasteiger partial charge in [0.2, 0.25) is 0 Å². The van der Waals surface area contributed by atoms with Crippen molar-refractivity contribution in [1.29, 1.82) is 0 Å². The van der Waals surface area contributed by atoms with Crippen molar-refractivity contribution in [3.05, 3.63) is 29.5 Å². The van der Waals surface area contributed by atoms with Crippen molar-refractivity contribution in [2.24, 2.45) is 0 Å². The third-order valence-corrected chi connectivity index (χ3v) is 1.62. The topological polar surface area (TPSA) is 59.1 Å². The lowest BCUT2D eigenvalue weighted by atomic mass is 10.1.